The van der Waals surface area contributed by atoms with E-state index in [4.69, 9.17) is 0 Å². The molecule has 1 saturated carbocycles. The molecule has 0 saturated heterocycles. The molecule has 0 amide bonds. The molecule has 1 aliphatic rings. The van der Waals surface area contributed by atoms with Gasteiger partial charge in [0.25, 0.3) is 0 Å². The minimum atomic E-state index is -0.863. The summed E-state index contributed by atoms with van der Waals surface area (Å²) in [6, 6.07) is 4.35. The van der Waals surface area contributed by atoms with Gasteiger partial charge in [-0.1, -0.05) is 26.7 Å². The summed E-state index contributed by atoms with van der Waals surface area (Å²) in [5.74, 6) is 0.937. The first-order chi connectivity index (χ1) is 10.2. The maximum absolute atomic E-state index is 10.8. The van der Waals surface area contributed by atoms with E-state index in [9.17, 15) is 5.11 Å². The molecule has 3 rings (SSSR count). The van der Waals surface area contributed by atoms with Crippen molar-refractivity contribution in [2.24, 2.45) is 0 Å². The van der Waals surface area contributed by atoms with Crippen LogP contribution < -0.4 is 5.32 Å². The summed E-state index contributed by atoms with van der Waals surface area (Å²) < 4.78 is 1.83. The number of rotatable bonds is 5. The third-order valence-electron chi connectivity index (χ3n) is 4.71. The molecule has 2 aromatic heterocycles. The lowest BCUT2D eigenvalue weighted by molar-refractivity contribution is 0.0242. The Balaban J connectivity index is 2.02. The van der Waals surface area contributed by atoms with Crippen LogP contribution >= 0.6 is 0 Å². The molecule has 0 spiro atoms. The molecule has 21 heavy (non-hydrogen) atoms. The van der Waals surface area contributed by atoms with Crippen LogP contribution in [0.4, 0.5) is 5.82 Å². The van der Waals surface area contributed by atoms with Crippen LogP contribution in [0.15, 0.2) is 18.3 Å². The highest BCUT2D eigenvalue weighted by molar-refractivity contribution is 5.50. The van der Waals surface area contributed by atoms with Crippen molar-refractivity contribution in [3.63, 3.8) is 0 Å². The molecule has 0 aromatic carbocycles. The smallest absolute Gasteiger partial charge is 0.157 e. The van der Waals surface area contributed by atoms with Crippen molar-refractivity contribution in [3.05, 3.63) is 24.0 Å². The Morgan fingerprint density at radius 1 is 1.33 bits per heavy atom. The second-order valence-electron chi connectivity index (χ2n) is 5.99. The fourth-order valence-electron chi connectivity index (χ4n) is 3.15. The summed E-state index contributed by atoms with van der Waals surface area (Å²) in [4.78, 5) is 4.59. The Labute approximate surface area is 125 Å². The predicted octanol–water partition coefficient (Wildman–Crippen LogP) is 3.09. The molecule has 114 valence electrons. The van der Waals surface area contributed by atoms with E-state index in [2.05, 4.69) is 15.4 Å². The molecule has 1 aliphatic carbocycles. The van der Waals surface area contributed by atoms with Gasteiger partial charge in [0.15, 0.2) is 5.65 Å². The van der Waals surface area contributed by atoms with Gasteiger partial charge in [0, 0.05) is 18.2 Å². The number of aromatic nitrogens is 3. The Kier molecular flexibility index (Phi) is 3.85. The molecule has 0 aliphatic heterocycles. The van der Waals surface area contributed by atoms with Gasteiger partial charge in [-0.2, -0.15) is 9.61 Å². The normalized spacial score (nSPS) is 16.7. The van der Waals surface area contributed by atoms with Crippen molar-refractivity contribution < 1.29 is 5.11 Å². The summed E-state index contributed by atoms with van der Waals surface area (Å²) >= 11 is 0. The number of aliphatic hydroxyl groups is 1. The van der Waals surface area contributed by atoms with E-state index in [-0.39, 0.29) is 0 Å². The lowest BCUT2D eigenvalue weighted by Gasteiger charge is -2.26. The Morgan fingerprint density at radius 2 is 2.05 bits per heavy atom. The van der Waals surface area contributed by atoms with E-state index in [0.29, 0.717) is 18.9 Å². The predicted molar refractivity (Wildman–Crippen MR) is 83.3 cm³/mol. The van der Waals surface area contributed by atoms with Gasteiger partial charge in [-0.3, -0.25) is 0 Å². The topological polar surface area (TPSA) is 62.5 Å². The summed E-state index contributed by atoms with van der Waals surface area (Å²) in [5.41, 5.74) is 0.660. The first-order valence-corrected chi connectivity index (χ1v) is 8.00. The number of hydrogen-bond donors (Lipinski definition) is 2. The van der Waals surface area contributed by atoms with Crippen LogP contribution in [0.5, 0.6) is 0 Å². The van der Waals surface area contributed by atoms with Crippen LogP contribution in [-0.2, 0) is 5.60 Å². The van der Waals surface area contributed by atoms with Crippen molar-refractivity contribution in [1.29, 1.82) is 0 Å². The van der Waals surface area contributed by atoms with Crippen LogP contribution in [0.3, 0.4) is 0 Å². The van der Waals surface area contributed by atoms with Gasteiger partial charge in [0.2, 0.25) is 0 Å². The SMILES string of the molecule is CCC(O)(CC)c1cc(NC2CCCC2)n2nccc2n1. The van der Waals surface area contributed by atoms with Crippen molar-refractivity contribution in [1.82, 2.24) is 14.6 Å². The number of fused-ring (bicyclic) bond motifs is 1. The minimum absolute atomic E-state index is 0.504. The van der Waals surface area contributed by atoms with Crippen molar-refractivity contribution in [2.75, 3.05) is 5.32 Å². The monoisotopic (exact) mass is 288 g/mol. The molecule has 2 aromatic rings. The van der Waals surface area contributed by atoms with Gasteiger partial charge < -0.3 is 10.4 Å². The van der Waals surface area contributed by atoms with Crippen LogP contribution in [0, 0.1) is 0 Å². The number of anilines is 1. The average Bonchev–Trinajstić information content (AvgIpc) is 3.17. The quantitative estimate of drug-likeness (QED) is 0.887. The molecular formula is C16H24N4O. The van der Waals surface area contributed by atoms with Crippen LogP contribution in [0.1, 0.15) is 58.1 Å². The van der Waals surface area contributed by atoms with Crippen molar-refractivity contribution in [2.45, 2.75) is 64.0 Å². The van der Waals surface area contributed by atoms with Crippen molar-refractivity contribution >= 4 is 11.5 Å². The zero-order valence-corrected chi connectivity index (χ0v) is 12.8. The van der Waals surface area contributed by atoms with E-state index >= 15 is 0 Å². The molecule has 2 N–H and O–H groups in total. The highest BCUT2D eigenvalue weighted by Crippen LogP contribution is 2.30. The third-order valence-corrected chi connectivity index (χ3v) is 4.71. The molecule has 0 atom stereocenters. The van der Waals surface area contributed by atoms with Gasteiger partial charge in [-0.15, -0.1) is 0 Å². The fourth-order valence-corrected chi connectivity index (χ4v) is 3.15. The second-order valence-corrected chi connectivity index (χ2v) is 5.99. The first-order valence-electron chi connectivity index (χ1n) is 8.00. The standard InChI is InChI=1S/C16H24N4O/c1-3-16(21,4-2)13-11-15(18-12-7-5-6-8-12)20-14(19-13)9-10-17-20/h9-12,18,21H,3-8H2,1-2H3. The Bertz CT molecular complexity index is 612. The summed E-state index contributed by atoms with van der Waals surface area (Å²) in [6.45, 7) is 3.99. The van der Waals surface area contributed by atoms with Crippen molar-refractivity contribution in [3.8, 4) is 0 Å². The van der Waals surface area contributed by atoms with E-state index in [1.54, 1.807) is 6.20 Å². The fraction of sp³-hybridized carbons (Fsp3) is 0.625. The third kappa shape index (κ3) is 2.62. The van der Waals surface area contributed by atoms with E-state index in [1.807, 2.05) is 30.5 Å². The largest absolute Gasteiger partial charge is 0.384 e. The van der Waals surface area contributed by atoms with Crippen LogP contribution in [-0.4, -0.2) is 25.7 Å². The molecule has 0 radical (unpaired) electrons. The van der Waals surface area contributed by atoms with E-state index in [1.165, 1.54) is 25.7 Å². The maximum Gasteiger partial charge on any atom is 0.157 e. The number of hydrogen-bond acceptors (Lipinski definition) is 4. The molecule has 1 fully saturated rings. The summed E-state index contributed by atoms with van der Waals surface area (Å²) in [6.07, 6.45) is 8.03. The van der Waals surface area contributed by atoms with Gasteiger partial charge in [-0.25, -0.2) is 4.98 Å². The maximum atomic E-state index is 10.8. The Hall–Kier alpha value is -1.62. The molecule has 5 nitrogen and oxygen atoms in total. The molecule has 0 unspecified atom stereocenters. The highest BCUT2D eigenvalue weighted by Gasteiger charge is 2.28. The minimum Gasteiger partial charge on any atom is -0.384 e. The number of nitrogens with zero attached hydrogens (tertiary/aromatic N) is 3. The second kappa shape index (κ2) is 5.64. The average molecular weight is 288 g/mol. The zero-order chi connectivity index (χ0) is 14.9. The molecule has 0 bridgehead atoms. The first kappa shape index (κ1) is 14.3. The number of nitrogens with one attached hydrogen (secondary N) is 1. The van der Waals surface area contributed by atoms with Gasteiger partial charge in [0.05, 0.1) is 11.9 Å². The lowest BCUT2D eigenvalue weighted by Crippen LogP contribution is -2.26. The van der Waals surface area contributed by atoms with E-state index < -0.39 is 5.60 Å². The Morgan fingerprint density at radius 3 is 2.71 bits per heavy atom. The zero-order valence-electron chi connectivity index (χ0n) is 12.8. The van der Waals surface area contributed by atoms with Gasteiger partial charge >= 0.3 is 0 Å². The van der Waals surface area contributed by atoms with Gasteiger partial charge in [-0.05, 0) is 25.7 Å². The van der Waals surface area contributed by atoms with Crippen LogP contribution in [0.2, 0.25) is 0 Å². The lowest BCUT2D eigenvalue weighted by atomic mass is 9.93. The molecule has 2 heterocycles. The highest BCUT2D eigenvalue weighted by atomic mass is 16.3. The molecular weight excluding hydrogens is 264 g/mol. The van der Waals surface area contributed by atoms with E-state index in [0.717, 1.165) is 17.2 Å². The van der Waals surface area contributed by atoms with Gasteiger partial charge in [0.1, 0.15) is 11.4 Å². The molecule has 5 heteroatoms. The summed E-state index contributed by atoms with van der Waals surface area (Å²) in [5, 5.41) is 18.7. The van der Waals surface area contributed by atoms with Crippen LogP contribution in [0.25, 0.3) is 5.65 Å². The summed E-state index contributed by atoms with van der Waals surface area (Å²) in [7, 11) is 0.